The Labute approximate surface area is 208 Å². The van der Waals surface area contributed by atoms with Gasteiger partial charge < -0.3 is 25.4 Å². The number of carbonyl (C=O) groups excluding carboxylic acids is 1. The molecule has 0 fully saturated rings. The summed E-state index contributed by atoms with van der Waals surface area (Å²) in [5.74, 6) is 1.45. The number of anilines is 2. The van der Waals surface area contributed by atoms with Gasteiger partial charge in [-0.1, -0.05) is 32.0 Å². The van der Waals surface area contributed by atoms with Gasteiger partial charge >= 0.3 is 0 Å². The van der Waals surface area contributed by atoms with Crippen molar-refractivity contribution in [2.24, 2.45) is 10.9 Å². The van der Waals surface area contributed by atoms with E-state index in [1.165, 1.54) is 0 Å². The Morgan fingerprint density at radius 1 is 1.03 bits per heavy atom. The highest BCUT2D eigenvalue weighted by Crippen LogP contribution is 2.18. The topological polar surface area (TPSA) is 84.0 Å². The molecule has 0 atom stereocenters. The lowest BCUT2D eigenvalue weighted by Crippen LogP contribution is -2.30. The van der Waals surface area contributed by atoms with Crippen LogP contribution in [0.3, 0.4) is 0 Å². The van der Waals surface area contributed by atoms with Gasteiger partial charge in [0.1, 0.15) is 5.75 Å². The third-order valence-electron chi connectivity index (χ3n) is 4.37. The van der Waals surface area contributed by atoms with Crippen LogP contribution in [0.4, 0.5) is 11.4 Å². The number of hydrogen-bond acceptors (Lipinski definition) is 4. The van der Waals surface area contributed by atoms with E-state index in [4.69, 9.17) is 9.47 Å². The lowest BCUT2D eigenvalue weighted by atomic mass is 10.2. The summed E-state index contributed by atoms with van der Waals surface area (Å²) in [6.45, 7) is 8.33. The van der Waals surface area contributed by atoms with Gasteiger partial charge in [0.2, 0.25) is 5.91 Å². The van der Waals surface area contributed by atoms with Crippen molar-refractivity contribution in [1.29, 1.82) is 0 Å². The van der Waals surface area contributed by atoms with Crippen LogP contribution in [0, 0.1) is 5.92 Å². The summed E-state index contributed by atoms with van der Waals surface area (Å²) in [6, 6.07) is 15.5. The van der Waals surface area contributed by atoms with Gasteiger partial charge in [-0.05, 0) is 36.8 Å². The molecule has 0 aliphatic carbocycles. The van der Waals surface area contributed by atoms with Crippen molar-refractivity contribution in [3.8, 4) is 5.75 Å². The number of nitrogens with one attached hydrogen (secondary N) is 3. The minimum atomic E-state index is -0.0488. The second kappa shape index (κ2) is 15.5. The molecular formula is C24H35IN4O3. The van der Waals surface area contributed by atoms with Gasteiger partial charge in [0.25, 0.3) is 0 Å². The molecule has 0 spiro atoms. The minimum absolute atomic E-state index is 0. The van der Waals surface area contributed by atoms with Crippen molar-refractivity contribution in [2.45, 2.75) is 33.7 Å². The zero-order chi connectivity index (χ0) is 22.5. The van der Waals surface area contributed by atoms with Gasteiger partial charge in [-0.25, -0.2) is 4.99 Å². The number of amides is 1. The molecule has 3 N–H and O–H groups in total. The molecule has 176 valence electrons. The fraction of sp³-hybridized carbons (Fsp3) is 0.417. The van der Waals surface area contributed by atoms with Crippen molar-refractivity contribution in [3.05, 3.63) is 54.1 Å². The van der Waals surface area contributed by atoms with E-state index in [-0.39, 0.29) is 35.8 Å². The normalized spacial score (nSPS) is 11.0. The van der Waals surface area contributed by atoms with E-state index < -0.39 is 0 Å². The van der Waals surface area contributed by atoms with E-state index in [2.05, 4.69) is 20.9 Å². The largest absolute Gasteiger partial charge is 0.493 e. The van der Waals surface area contributed by atoms with Crippen LogP contribution in [-0.4, -0.2) is 38.7 Å². The van der Waals surface area contributed by atoms with Crippen LogP contribution < -0.4 is 20.7 Å². The van der Waals surface area contributed by atoms with Crippen LogP contribution >= 0.6 is 24.0 Å². The van der Waals surface area contributed by atoms with Crippen LogP contribution in [0.25, 0.3) is 0 Å². The number of methoxy groups -OCH3 is 1. The number of rotatable bonds is 11. The average molecular weight is 554 g/mol. The molecule has 0 heterocycles. The molecule has 2 rings (SSSR count). The first-order valence-electron chi connectivity index (χ1n) is 10.7. The summed E-state index contributed by atoms with van der Waals surface area (Å²) in [5.41, 5.74) is 2.74. The molecule has 0 radical (unpaired) electrons. The molecular weight excluding hydrogens is 519 g/mol. The summed E-state index contributed by atoms with van der Waals surface area (Å²) in [6.07, 6.45) is 0.845. The summed E-state index contributed by atoms with van der Waals surface area (Å²) >= 11 is 0. The van der Waals surface area contributed by atoms with Gasteiger partial charge in [-0.3, -0.25) is 4.79 Å². The Balaban J connectivity index is 0.00000512. The van der Waals surface area contributed by atoms with Crippen LogP contribution in [0.1, 0.15) is 32.8 Å². The molecule has 0 aliphatic rings. The van der Waals surface area contributed by atoms with Crippen molar-refractivity contribution in [1.82, 2.24) is 5.32 Å². The lowest BCUT2D eigenvalue weighted by molar-refractivity contribution is -0.118. The SMILES string of the molecule is CCNC(=NCc1ccc(NC(=O)C(C)C)cc1)Nc1cccc(OCCCOC)c1.I. The number of carbonyl (C=O) groups is 1. The number of halogens is 1. The molecule has 1 amide bonds. The van der Waals surface area contributed by atoms with Crippen LogP contribution in [0.5, 0.6) is 5.75 Å². The third kappa shape index (κ3) is 10.3. The molecule has 0 aromatic heterocycles. The standard InChI is InChI=1S/C24H34N4O3.HI/c1-5-25-24(28-21-8-6-9-22(16-21)31-15-7-14-30-4)26-17-19-10-12-20(13-11-19)27-23(29)18(2)3;/h6,8-13,16,18H,5,7,14-15,17H2,1-4H3,(H,27,29)(H2,25,26,28);1H. The van der Waals surface area contributed by atoms with Gasteiger partial charge in [-0.15, -0.1) is 24.0 Å². The van der Waals surface area contributed by atoms with E-state index in [9.17, 15) is 4.79 Å². The first kappa shape index (κ1) is 27.7. The molecule has 0 saturated heterocycles. The monoisotopic (exact) mass is 554 g/mol. The van der Waals surface area contributed by atoms with E-state index in [1.54, 1.807) is 7.11 Å². The zero-order valence-corrected chi connectivity index (χ0v) is 21.6. The Kier molecular flexibility index (Phi) is 13.4. The fourth-order valence-corrected chi connectivity index (χ4v) is 2.65. The average Bonchev–Trinajstić information content (AvgIpc) is 2.76. The molecule has 32 heavy (non-hydrogen) atoms. The first-order chi connectivity index (χ1) is 15.0. The quantitative estimate of drug-likeness (QED) is 0.160. The summed E-state index contributed by atoms with van der Waals surface area (Å²) in [4.78, 5) is 16.5. The van der Waals surface area contributed by atoms with Crippen LogP contribution in [-0.2, 0) is 16.1 Å². The number of guanidine groups is 1. The van der Waals surface area contributed by atoms with Crippen LogP contribution in [0.15, 0.2) is 53.5 Å². The number of benzene rings is 2. The minimum Gasteiger partial charge on any atom is -0.493 e. The van der Waals surface area contributed by atoms with Crippen molar-refractivity contribution >= 4 is 47.2 Å². The van der Waals surface area contributed by atoms with Gasteiger partial charge in [0, 0.05) is 50.0 Å². The van der Waals surface area contributed by atoms with E-state index >= 15 is 0 Å². The summed E-state index contributed by atoms with van der Waals surface area (Å²) in [7, 11) is 1.69. The van der Waals surface area contributed by atoms with Crippen molar-refractivity contribution in [3.63, 3.8) is 0 Å². The molecule has 0 bridgehead atoms. The third-order valence-corrected chi connectivity index (χ3v) is 4.37. The summed E-state index contributed by atoms with van der Waals surface area (Å²) < 4.78 is 10.8. The maximum Gasteiger partial charge on any atom is 0.226 e. The first-order valence-corrected chi connectivity index (χ1v) is 10.7. The lowest BCUT2D eigenvalue weighted by Gasteiger charge is -2.13. The Morgan fingerprint density at radius 3 is 2.44 bits per heavy atom. The maximum atomic E-state index is 11.8. The van der Waals surface area contributed by atoms with Crippen molar-refractivity contribution in [2.75, 3.05) is 37.5 Å². The maximum absolute atomic E-state index is 11.8. The molecule has 8 heteroatoms. The second-order valence-electron chi connectivity index (χ2n) is 7.38. The molecule has 2 aromatic rings. The van der Waals surface area contributed by atoms with Crippen LogP contribution in [0.2, 0.25) is 0 Å². The highest BCUT2D eigenvalue weighted by atomic mass is 127. The Bertz CT molecular complexity index is 841. The van der Waals surface area contributed by atoms with Gasteiger partial charge in [0.15, 0.2) is 5.96 Å². The van der Waals surface area contributed by atoms with Gasteiger partial charge in [-0.2, -0.15) is 0 Å². The zero-order valence-electron chi connectivity index (χ0n) is 19.3. The molecule has 0 aliphatic heterocycles. The number of hydrogen-bond donors (Lipinski definition) is 3. The Morgan fingerprint density at radius 2 is 1.78 bits per heavy atom. The van der Waals surface area contributed by atoms with E-state index in [0.29, 0.717) is 25.7 Å². The molecule has 0 unspecified atom stereocenters. The van der Waals surface area contributed by atoms with Gasteiger partial charge in [0.05, 0.1) is 13.2 Å². The predicted octanol–water partition coefficient (Wildman–Crippen LogP) is 4.89. The second-order valence-corrected chi connectivity index (χ2v) is 7.38. The summed E-state index contributed by atoms with van der Waals surface area (Å²) in [5, 5.41) is 9.47. The highest BCUT2D eigenvalue weighted by Gasteiger charge is 2.07. The molecule has 0 saturated carbocycles. The van der Waals surface area contributed by atoms with E-state index in [0.717, 1.165) is 35.7 Å². The molecule has 7 nitrogen and oxygen atoms in total. The number of nitrogens with zero attached hydrogens (tertiary/aromatic N) is 1. The smallest absolute Gasteiger partial charge is 0.226 e. The molecule has 2 aromatic carbocycles. The number of aliphatic imine (C=N–C) groups is 1. The number of ether oxygens (including phenoxy) is 2. The van der Waals surface area contributed by atoms with E-state index in [1.807, 2.05) is 69.3 Å². The predicted molar refractivity (Wildman–Crippen MR) is 142 cm³/mol. The highest BCUT2D eigenvalue weighted by molar-refractivity contribution is 14.0. The fourth-order valence-electron chi connectivity index (χ4n) is 2.65. The Hall–Kier alpha value is -2.33. The van der Waals surface area contributed by atoms with Crippen molar-refractivity contribution < 1.29 is 14.3 Å².